The van der Waals surface area contributed by atoms with Gasteiger partial charge in [-0.25, -0.2) is 4.79 Å². The highest BCUT2D eigenvalue weighted by molar-refractivity contribution is 5.70. The Labute approximate surface area is 183 Å². The number of amides is 1. The molecule has 0 spiro atoms. The Kier molecular flexibility index (Phi) is 6.63. The number of cyclic esters (lactones) is 1. The molecule has 2 aromatic carbocycles. The first-order valence-corrected chi connectivity index (χ1v) is 10.8. The third-order valence-corrected chi connectivity index (χ3v) is 6.01. The van der Waals surface area contributed by atoms with E-state index in [2.05, 4.69) is 29.2 Å². The number of carbonyl (C=O) groups is 1. The van der Waals surface area contributed by atoms with Crippen molar-refractivity contribution in [2.45, 2.75) is 44.4 Å². The smallest absolute Gasteiger partial charge is 0.411 e. The predicted octanol–water partition coefficient (Wildman–Crippen LogP) is 5.53. The number of benzene rings is 2. The van der Waals surface area contributed by atoms with Gasteiger partial charge in [-0.3, -0.25) is 9.88 Å². The van der Waals surface area contributed by atoms with E-state index in [1.807, 2.05) is 60.5 Å². The summed E-state index contributed by atoms with van der Waals surface area (Å²) in [5.74, 6) is 0. The average Bonchev–Trinajstić information content (AvgIpc) is 2.83. The summed E-state index contributed by atoms with van der Waals surface area (Å²) < 4.78 is 5.85. The molecule has 1 amide bonds. The zero-order valence-corrected chi connectivity index (χ0v) is 17.7. The Balaban J connectivity index is 1.55. The van der Waals surface area contributed by atoms with E-state index in [4.69, 9.17) is 4.74 Å². The Morgan fingerprint density at radius 1 is 1.06 bits per heavy atom. The third-order valence-electron chi connectivity index (χ3n) is 6.01. The average molecular weight is 417 g/mol. The zero-order valence-electron chi connectivity index (χ0n) is 17.7. The van der Waals surface area contributed by atoms with E-state index in [9.17, 15) is 9.90 Å². The summed E-state index contributed by atoms with van der Waals surface area (Å²) >= 11 is 0. The Hall–Kier alpha value is -3.18. The van der Waals surface area contributed by atoms with Gasteiger partial charge in [0.05, 0.1) is 6.04 Å². The number of pyridine rings is 1. The van der Waals surface area contributed by atoms with Gasteiger partial charge in [0.15, 0.2) is 0 Å². The number of carbonyl (C=O) groups excluding carboxylic acids is 1. The molecule has 0 radical (unpaired) electrons. The molecule has 0 bridgehead atoms. The van der Waals surface area contributed by atoms with Gasteiger partial charge in [-0.1, -0.05) is 60.7 Å². The monoisotopic (exact) mass is 416 g/mol. The van der Waals surface area contributed by atoms with E-state index in [-0.39, 0.29) is 30.9 Å². The van der Waals surface area contributed by atoms with Crippen LogP contribution >= 0.6 is 0 Å². The van der Waals surface area contributed by atoms with Crippen molar-refractivity contribution in [2.75, 3.05) is 6.61 Å². The highest BCUT2D eigenvalue weighted by Crippen LogP contribution is 2.37. The number of aliphatic hydroxyl groups excluding tert-OH is 1. The lowest BCUT2D eigenvalue weighted by Gasteiger charge is -2.42. The first-order chi connectivity index (χ1) is 15.2. The van der Waals surface area contributed by atoms with Gasteiger partial charge in [-0.15, -0.1) is 0 Å². The van der Waals surface area contributed by atoms with E-state index in [0.717, 1.165) is 28.7 Å². The lowest BCUT2D eigenvalue weighted by molar-refractivity contribution is -0.0199. The topological polar surface area (TPSA) is 62.7 Å². The number of hydrogen-bond acceptors (Lipinski definition) is 4. The van der Waals surface area contributed by atoms with Crippen molar-refractivity contribution < 1.29 is 14.6 Å². The molecule has 1 saturated heterocycles. The van der Waals surface area contributed by atoms with Crippen LogP contribution in [-0.4, -0.2) is 33.7 Å². The third kappa shape index (κ3) is 4.78. The number of nitrogens with zero attached hydrogens (tertiary/aromatic N) is 2. The first-order valence-electron chi connectivity index (χ1n) is 10.8. The SMILES string of the molecule is C[C@@H](c1ccc(-c2cccnc2)cc1)N1C(=O)OC(c2ccccc2)CC1CCCO. The molecule has 31 heavy (non-hydrogen) atoms. The number of ether oxygens (including phenoxy) is 1. The summed E-state index contributed by atoms with van der Waals surface area (Å²) in [6.07, 6.45) is 5.16. The molecule has 160 valence electrons. The molecule has 1 fully saturated rings. The first kappa shape index (κ1) is 21.1. The second-order valence-electron chi connectivity index (χ2n) is 7.99. The van der Waals surface area contributed by atoms with Crippen molar-refractivity contribution >= 4 is 6.09 Å². The molecule has 2 heterocycles. The molecule has 5 nitrogen and oxygen atoms in total. The van der Waals surface area contributed by atoms with Gasteiger partial charge in [0.1, 0.15) is 6.10 Å². The molecule has 4 rings (SSSR count). The van der Waals surface area contributed by atoms with Crippen molar-refractivity contribution in [3.8, 4) is 11.1 Å². The van der Waals surface area contributed by atoms with Crippen LogP contribution in [0, 0.1) is 0 Å². The highest BCUT2D eigenvalue weighted by Gasteiger charge is 2.38. The largest absolute Gasteiger partial charge is 0.441 e. The fourth-order valence-electron chi connectivity index (χ4n) is 4.32. The standard InChI is InChI=1S/C26H28N2O3/c1-19(20-11-13-21(14-12-20)23-9-5-15-27-18-23)28-24(10-6-16-29)17-25(31-26(28)30)22-7-3-2-4-8-22/h2-5,7-9,11-15,18-19,24-25,29H,6,10,16-17H2,1H3/t19-,24?,25?/m0/s1. The maximum atomic E-state index is 13.1. The summed E-state index contributed by atoms with van der Waals surface area (Å²) in [4.78, 5) is 19.1. The van der Waals surface area contributed by atoms with Crippen LogP contribution in [0.4, 0.5) is 4.79 Å². The Morgan fingerprint density at radius 3 is 2.52 bits per heavy atom. The van der Waals surface area contributed by atoms with Crippen molar-refractivity contribution in [2.24, 2.45) is 0 Å². The van der Waals surface area contributed by atoms with Gasteiger partial charge in [0.2, 0.25) is 0 Å². The van der Waals surface area contributed by atoms with Crippen LogP contribution in [0.5, 0.6) is 0 Å². The van der Waals surface area contributed by atoms with E-state index in [1.54, 1.807) is 6.20 Å². The second kappa shape index (κ2) is 9.75. The molecule has 3 atom stereocenters. The minimum absolute atomic E-state index is 0.00612. The van der Waals surface area contributed by atoms with Gasteiger partial charge in [0, 0.05) is 31.5 Å². The van der Waals surface area contributed by atoms with Crippen molar-refractivity contribution in [3.63, 3.8) is 0 Å². The molecule has 0 saturated carbocycles. The van der Waals surface area contributed by atoms with Crippen LogP contribution in [0.15, 0.2) is 79.1 Å². The molecule has 2 unspecified atom stereocenters. The number of hydrogen-bond donors (Lipinski definition) is 1. The number of aliphatic hydroxyl groups is 1. The van der Waals surface area contributed by atoms with Crippen LogP contribution in [-0.2, 0) is 4.74 Å². The van der Waals surface area contributed by atoms with Crippen LogP contribution in [0.1, 0.15) is 49.5 Å². The molecule has 1 aliphatic rings. The van der Waals surface area contributed by atoms with E-state index < -0.39 is 0 Å². The normalized spacial score (nSPS) is 19.7. The molecule has 0 aliphatic carbocycles. The fourth-order valence-corrected chi connectivity index (χ4v) is 4.32. The lowest BCUT2D eigenvalue weighted by Crippen LogP contribution is -2.47. The molecule has 3 aromatic rings. The van der Waals surface area contributed by atoms with Crippen LogP contribution < -0.4 is 0 Å². The molecular weight excluding hydrogens is 388 g/mol. The van der Waals surface area contributed by atoms with Crippen molar-refractivity contribution in [1.82, 2.24) is 9.88 Å². The number of rotatable bonds is 7. The zero-order chi connectivity index (χ0) is 21.6. The van der Waals surface area contributed by atoms with Gasteiger partial charge in [0.25, 0.3) is 0 Å². The molecule has 1 aliphatic heterocycles. The van der Waals surface area contributed by atoms with Gasteiger partial charge in [-0.05, 0) is 48.1 Å². The predicted molar refractivity (Wildman–Crippen MR) is 120 cm³/mol. The van der Waals surface area contributed by atoms with Crippen molar-refractivity contribution in [1.29, 1.82) is 0 Å². The van der Waals surface area contributed by atoms with E-state index in [1.165, 1.54) is 0 Å². The van der Waals surface area contributed by atoms with Crippen LogP contribution in [0.25, 0.3) is 11.1 Å². The maximum absolute atomic E-state index is 13.1. The van der Waals surface area contributed by atoms with Gasteiger partial charge in [-0.2, -0.15) is 0 Å². The second-order valence-corrected chi connectivity index (χ2v) is 7.99. The van der Waals surface area contributed by atoms with Crippen molar-refractivity contribution in [3.05, 3.63) is 90.3 Å². The van der Waals surface area contributed by atoms with Gasteiger partial charge < -0.3 is 9.84 Å². The molecule has 1 N–H and O–H groups in total. The molecule has 1 aromatic heterocycles. The fraction of sp³-hybridized carbons (Fsp3) is 0.308. The summed E-state index contributed by atoms with van der Waals surface area (Å²) in [5.41, 5.74) is 4.21. The van der Waals surface area contributed by atoms with E-state index in [0.29, 0.717) is 12.8 Å². The minimum atomic E-state index is -0.299. The van der Waals surface area contributed by atoms with Crippen LogP contribution in [0.3, 0.4) is 0 Å². The molecular formula is C26H28N2O3. The Morgan fingerprint density at radius 2 is 1.84 bits per heavy atom. The number of aromatic nitrogens is 1. The maximum Gasteiger partial charge on any atom is 0.411 e. The van der Waals surface area contributed by atoms with E-state index >= 15 is 0 Å². The summed E-state index contributed by atoms with van der Waals surface area (Å²) in [7, 11) is 0. The quantitative estimate of drug-likeness (QED) is 0.550. The lowest BCUT2D eigenvalue weighted by atomic mass is 9.93. The summed E-state index contributed by atoms with van der Waals surface area (Å²) in [6, 6.07) is 22.0. The van der Waals surface area contributed by atoms with Gasteiger partial charge >= 0.3 is 6.09 Å². The Bertz CT molecular complexity index is 977. The highest BCUT2D eigenvalue weighted by atomic mass is 16.6. The summed E-state index contributed by atoms with van der Waals surface area (Å²) in [6.45, 7) is 2.15. The molecule has 5 heteroatoms. The summed E-state index contributed by atoms with van der Waals surface area (Å²) in [5, 5.41) is 9.39. The van der Waals surface area contributed by atoms with Crippen LogP contribution in [0.2, 0.25) is 0 Å². The minimum Gasteiger partial charge on any atom is -0.441 e.